The summed E-state index contributed by atoms with van der Waals surface area (Å²) in [4.78, 5) is 0. The van der Waals surface area contributed by atoms with Gasteiger partial charge in [0.15, 0.2) is 0 Å². The van der Waals surface area contributed by atoms with Crippen molar-refractivity contribution in [3.05, 3.63) is 54.1 Å². The second-order valence-electron chi connectivity index (χ2n) is 7.11. The van der Waals surface area contributed by atoms with Gasteiger partial charge in [-0.05, 0) is 54.0 Å². The topological polar surface area (TPSA) is 9.23 Å². The first-order valence-corrected chi connectivity index (χ1v) is 9.67. The molecule has 0 amide bonds. The second kappa shape index (κ2) is 8.92. The van der Waals surface area contributed by atoms with Gasteiger partial charge in [0.2, 0.25) is 0 Å². The first-order chi connectivity index (χ1) is 11.8. The Morgan fingerprint density at radius 3 is 2.08 bits per heavy atom. The third-order valence-corrected chi connectivity index (χ3v) is 5.18. The molecule has 1 aliphatic rings. The number of ether oxygens (including phenoxy) is 1. The van der Waals surface area contributed by atoms with Crippen molar-refractivity contribution >= 4 is 0 Å². The van der Waals surface area contributed by atoms with E-state index in [1.807, 2.05) is 0 Å². The zero-order valence-electron chi connectivity index (χ0n) is 15.0. The average molecular weight is 322 g/mol. The summed E-state index contributed by atoms with van der Waals surface area (Å²) in [5, 5.41) is 0. The Labute approximate surface area is 147 Å². The SMILES string of the molecule is CCCOc1ccc(-c2ccc(CCC3CCCCC3)cc2)cc1. The lowest BCUT2D eigenvalue weighted by atomic mass is 9.85. The molecule has 0 aromatic heterocycles. The van der Waals surface area contributed by atoms with E-state index in [1.165, 1.54) is 61.6 Å². The van der Waals surface area contributed by atoms with Crippen LogP contribution < -0.4 is 4.74 Å². The van der Waals surface area contributed by atoms with Gasteiger partial charge in [-0.15, -0.1) is 0 Å². The zero-order valence-corrected chi connectivity index (χ0v) is 15.0. The van der Waals surface area contributed by atoms with Crippen LogP contribution in [0.5, 0.6) is 5.75 Å². The van der Waals surface area contributed by atoms with Crippen molar-refractivity contribution in [1.29, 1.82) is 0 Å². The predicted molar refractivity (Wildman–Crippen MR) is 103 cm³/mol. The summed E-state index contributed by atoms with van der Waals surface area (Å²) in [7, 11) is 0. The van der Waals surface area contributed by atoms with E-state index in [0.717, 1.165) is 24.7 Å². The summed E-state index contributed by atoms with van der Waals surface area (Å²) < 4.78 is 5.65. The van der Waals surface area contributed by atoms with Crippen LogP contribution in [0.25, 0.3) is 11.1 Å². The molecule has 128 valence electrons. The molecule has 1 nitrogen and oxygen atoms in total. The van der Waals surface area contributed by atoms with Gasteiger partial charge in [-0.1, -0.05) is 75.4 Å². The molecule has 1 fully saturated rings. The van der Waals surface area contributed by atoms with Crippen molar-refractivity contribution < 1.29 is 4.74 Å². The van der Waals surface area contributed by atoms with Crippen LogP contribution in [0.1, 0.15) is 57.4 Å². The zero-order chi connectivity index (χ0) is 16.6. The van der Waals surface area contributed by atoms with Crippen LogP contribution in [0.4, 0.5) is 0 Å². The van der Waals surface area contributed by atoms with Crippen LogP contribution >= 0.6 is 0 Å². The van der Waals surface area contributed by atoms with E-state index >= 15 is 0 Å². The van der Waals surface area contributed by atoms with E-state index in [0.29, 0.717) is 0 Å². The monoisotopic (exact) mass is 322 g/mol. The van der Waals surface area contributed by atoms with Gasteiger partial charge in [-0.3, -0.25) is 0 Å². The van der Waals surface area contributed by atoms with Gasteiger partial charge in [0.1, 0.15) is 5.75 Å². The van der Waals surface area contributed by atoms with E-state index in [-0.39, 0.29) is 0 Å². The number of benzene rings is 2. The molecule has 0 bridgehead atoms. The van der Waals surface area contributed by atoms with Crippen LogP contribution in [0.15, 0.2) is 48.5 Å². The van der Waals surface area contributed by atoms with E-state index in [9.17, 15) is 0 Å². The maximum absolute atomic E-state index is 5.65. The molecular weight excluding hydrogens is 292 g/mol. The summed E-state index contributed by atoms with van der Waals surface area (Å²) in [6.07, 6.45) is 10.9. The van der Waals surface area contributed by atoms with E-state index in [4.69, 9.17) is 4.74 Å². The average Bonchev–Trinajstić information content (AvgIpc) is 2.66. The molecule has 1 aliphatic carbocycles. The molecular formula is C23H30O. The highest BCUT2D eigenvalue weighted by Crippen LogP contribution is 2.28. The molecule has 0 spiro atoms. The summed E-state index contributed by atoms with van der Waals surface area (Å²) in [6, 6.07) is 17.6. The Kier molecular flexibility index (Phi) is 6.34. The normalized spacial score (nSPS) is 15.4. The number of hydrogen-bond acceptors (Lipinski definition) is 1. The Morgan fingerprint density at radius 1 is 0.833 bits per heavy atom. The molecule has 2 aromatic rings. The molecule has 0 heterocycles. The molecule has 0 aliphatic heterocycles. The third kappa shape index (κ3) is 4.87. The Morgan fingerprint density at radius 2 is 1.46 bits per heavy atom. The van der Waals surface area contributed by atoms with E-state index in [1.54, 1.807) is 0 Å². The summed E-state index contributed by atoms with van der Waals surface area (Å²) in [5.74, 6) is 1.93. The van der Waals surface area contributed by atoms with Crippen LogP contribution in [0, 0.1) is 5.92 Å². The van der Waals surface area contributed by atoms with Gasteiger partial charge >= 0.3 is 0 Å². The van der Waals surface area contributed by atoms with Crippen molar-refractivity contribution in [3.8, 4) is 16.9 Å². The Bertz CT molecular complexity index is 591. The number of rotatable bonds is 7. The molecule has 0 atom stereocenters. The molecule has 2 aromatic carbocycles. The van der Waals surface area contributed by atoms with Crippen molar-refractivity contribution in [1.82, 2.24) is 0 Å². The van der Waals surface area contributed by atoms with Crippen molar-refractivity contribution in [2.75, 3.05) is 6.61 Å². The van der Waals surface area contributed by atoms with Crippen LogP contribution in [0.2, 0.25) is 0 Å². The van der Waals surface area contributed by atoms with Crippen LogP contribution in [-0.2, 0) is 6.42 Å². The standard InChI is InChI=1S/C23H30O/c1-2-18-24-23-16-14-22(15-17-23)21-12-10-20(11-13-21)9-8-19-6-4-3-5-7-19/h10-17,19H,2-9,18H2,1H3. The lowest BCUT2D eigenvalue weighted by Gasteiger charge is -2.21. The molecule has 0 saturated heterocycles. The fraction of sp³-hybridized carbons (Fsp3) is 0.478. The summed E-state index contributed by atoms with van der Waals surface area (Å²) in [6.45, 7) is 2.92. The first-order valence-electron chi connectivity index (χ1n) is 9.67. The van der Waals surface area contributed by atoms with Gasteiger partial charge in [0.05, 0.1) is 6.61 Å². The summed E-state index contributed by atoms with van der Waals surface area (Å²) >= 11 is 0. The Hall–Kier alpha value is -1.76. The van der Waals surface area contributed by atoms with Gasteiger partial charge in [-0.2, -0.15) is 0 Å². The molecule has 1 heteroatoms. The fourth-order valence-corrected chi connectivity index (χ4v) is 3.67. The number of hydrogen-bond donors (Lipinski definition) is 0. The van der Waals surface area contributed by atoms with Crippen molar-refractivity contribution in [2.45, 2.75) is 58.3 Å². The van der Waals surface area contributed by atoms with Crippen LogP contribution in [0.3, 0.4) is 0 Å². The van der Waals surface area contributed by atoms with E-state index in [2.05, 4.69) is 55.5 Å². The molecule has 1 saturated carbocycles. The minimum absolute atomic E-state index is 0.787. The Balaban J connectivity index is 1.55. The summed E-state index contributed by atoms with van der Waals surface area (Å²) in [5.41, 5.74) is 4.03. The highest BCUT2D eigenvalue weighted by atomic mass is 16.5. The predicted octanol–water partition coefficient (Wildman–Crippen LogP) is 6.66. The molecule has 24 heavy (non-hydrogen) atoms. The van der Waals surface area contributed by atoms with Gasteiger partial charge in [-0.25, -0.2) is 0 Å². The largest absolute Gasteiger partial charge is 0.494 e. The van der Waals surface area contributed by atoms with Gasteiger partial charge < -0.3 is 4.74 Å². The first kappa shape index (κ1) is 17.1. The minimum Gasteiger partial charge on any atom is -0.494 e. The van der Waals surface area contributed by atoms with Crippen molar-refractivity contribution in [3.63, 3.8) is 0 Å². The number of aryl methyl sites for hydroxylation is 1. The lowest BCUT2D eigenvalue weighted by Crippen LogP contribution is -2.07. The maximum atomic E-state index is 5.65. The molecule has 0 N–H and O–H groups in total. The minimum atomic E-state index is 0.787. The smallest absolute Gasteiger partial charge is 0.119 e. The van der Waals surface area contributed by atoms with Crippen molar-refractivity contribution in [2.24, 2.45) is 5.92 Å². The molecule has 3 rings (SSSR count). The highest BCUT2D eigenvalue weighted by molar-refractivity contribution is 5.64. The lowest BCUT2D eigenvalue weighted by molar-refractivity contribution is 0.317. The van der Waals surface area contributed by atoms with E-state index < -0.39 is 0 Å². The highest BCUT2D eigenvalue weighted by Gasteiger charge is 2.13. The second-order valence-corrected chi connectivity index (χ2v) is 7.11. The fourth-order valence-electron chi connectivity index (χ4n) is 3.67. The quantitative estimate of drug-likeness (QED) is 0.554. The van der Waals surface area contributed by atoms with Gasteiger partial charge in [0.25, 0.3) is 0 Å². The van der Waals surface area contributed by atoms with Crippen LogP contribution in [-0.4, -0.2) is 6.61 Å². The molecule has 0 radical (unpaired) electrons. The van der Waals surface area contributed by atoms with Gasteiger partial charge in [0, 0.05) is 0 Å². The molecule has 0 unspecified atom stereocenters. The third-order valence-electron chi connectivity index (χ3n) is 5.18. The maximum Gasteiger partial charge on any atom is 0.119 e.